The summed E-state index contributed by atoms with van der Waals surface area (Å²) in [6.45, 7) is 4.93. The van der Waals surface area contributed by atoms with Crippen molar-refractivity contribution in [1.29, 1.82) is 0 Å². The lowest BCUT2D eigenvalue weighted by molar-refractivity contribution is 0.586. The second-order valence-corrected chi connectivity index (χ2v) is 6.53. The van der Waals surface area contributed by atoms with Gasteiger partial charge in [-0.15, -0.1) is 0 Å². The number of hydrogen-bond donors (Lipinski definition) is 3. The molecule has 0 aromatic carbocycles. The van der Waals surface area contributed by atoms with E-state index in [-0.39, 0.29) is 0 Å². The fourth-order valence-electron chi connectivity index (χ4n) is 1.64. The first-order valence-corrected chi connectivity index (χ1v) is 8.54. The normalized spacial score (nSPS) is 11.6. The molecule has 7 nitrogen and oxygen atoms in total. The van der Waals surface area contributed by atoms with Gasteiger partial charge in [0.15, 0.2) is 0 Å². The number of aryl methyl sites for hydroxylation is 1. The molecule has 0 aliphatic rings. The molecule has 114 valence electrons. The summed E-state index contributed by atoms with van der Waals surface area (Å²) in [5.41, 5.74) is 6.68. The number of sulfonamides is 1. The van der Waals surface area contributed by atoms with Crippen molar-refractivity contribution in [2.75, 3.05) is 30.4 Å². The van der Waals surface area contributed by atoms with Crippen LogP contribution >= 0.6 is 0 Å². The summed E-state index contributed by atoms with van der Waals surface area (Å²) >= 11 is 0. The van der Waals surface area contributed by atoms with Crippen LogP contribution in [0.25, 0.3) is 0 Å². The van der Waals surface area contributed by atoms with Gasteiger partial charge >= 0.3 is 0 Å². The Labute approximate surface area is 120 Å². The van der Waals surface area contributed by atoms with Crippen LogP contribution in [-0.2, 0) is 16.4 Å². The number of nitrogens with one attached hydrogen (secondary N) is 2. The average molecular weight is 301 g/mol. The van der Waals surface area contributed by atoms with Crippen LogP contribution in [0.5, 0.6) is 0 Å². The Kier molecular flexibility index (Phi) is 6.15. The lowest BCUT2D eigenvalue weighted by atomic mass is 10.2. The van der Waals surface area contributed by atoms with Gasteiger partial charge in [-0.2, -0.15) is 0 Å². The van der Waals surface area contributed by atoms with Crippen molar-refractivity contribution in [3.8, 4) is 0 Å². The van der Waals surface area contributed by atoms with E-state index in [0.717, 1.165) is 36.3 Å². The highest BCUT2D eigenvalue weighted by molar-refractivity contribution is 7.88. The van der Waals surface area contributed by atoms with Crippen LogP contribution in [-0.4, -0.2) is 37.7 Å². The van der Waals surface area contributed by atoms with E-state index in [9.17, 15) is 8.42 Å². The number of aromatic nitrogens is 2. The number of nitrogens with two attached hydrogens (primary N) is 1. The molecule has 0 saturated heterocycles. The molecule has 0 spiro atoms. The molecule has 1 aromatic rings. The summed E-state index contributed by atoms with van der Waals surface area (Å²) in [4.78, 5) is 8.66. The number of hydrogen-bond acceptors (Lipinski definition) is 6. The zero-order chi connectivity index (χ0) is 15.2. The van der Waals surface area contributed by atoms with Crippen LogP contribution in [0.1, 0.15) is 31.2 Å². The van der Waals surface area contributed by atoms with Crippen LogP contribution in [0, 0.1) is 6.92 Å². The van der Waals surface area contributed by atoms with Gasteiger partial charge in [-0.3, -0.25) is 0 Å². The number of nitrogens with zero attached hydrogens (tertiary/aromatic N) is 2. The Morgan fingerprint density at radius 3 is 2.55 bits per heavy atom. The van der Waals surface area contributed by atoms with E-state index < -0.39 is 10.0 Å². The third-order valence-electron chi connectivity index (χ3n) is 2.71. The minimum absolute atomic E-state index is 0.396. The summed E-state index contributed by atoms with van der Waals surface area (Å²) in [6, 6.07) is 0. The largest absolute Gasteiger partial charge is 0.383 e. The standard InChI is InChI=1S/C12H23N5O2S/c1-4-6-10-16-11(13)9(2)12(17-10)14-7-5-8-15-20(3,18)19/h15H,4-8H2,1-3H3,(H3,13,14,16,17). The van der Waals surface area contributed by atoms with Crippen molar-refractivity contribution in [2.45, 2.75) is 33.1 Å². The molecule has 4 N–H and O–H groups in total. The van der Waals surface area contributed by atoms with Gasteiger partial charge in [0, 0.05) is 25.1 Å². The second-order valence-electron chi connectivity index (χ2n) is 4.70. The molecule has 8 heteroatoms. The Hall–Kier alpha value is -1.41. The highest BCUT2D eigenvalue weighted by atomic mass is 32.2. The maximum absolute atomic E-state index is 10.9. The summed E-state index contributed by atoms with van der Waals surface area (Å²) in [6.07, 6.45) is 3.56. The van der Waals surface area contributed by atoms with Crippen molar-refractivity contribution >= 4 is 21.7 Å². The Bertz CT molecular complexity index is 545. The molecular weight excluding hydrogens is 278 g/mol. The number of nitrogen functional groups attached to an aromatic ring is 1. The van der Waals surface area contributed by atoms with Crippen molar-refractivity contribution in [2.24, 2.45) is 0 Å². The lowest BCUT2D eigenvalue weighted by Gasteiger charge is -2.11. The molecule has 20 heavy (non-hydrogen) atoms. The summed E-state index contributed by atoms with van der Waals surface area (Å²) in [7, 11) is -3.12. The molecule has 0 aliphatic heterocycles. The van der Waals surface area contributed by atoms with Gasteiger partial charge in [0.05, 0.1) is 6.26 Å². The predicted octanol–water partition coefficient (Wildman–Crippen LogP) is 0.671. The monoisotopic (exact) mass is 301 g/mol. The molecule has 1 aromatic heterocycles. The van der Waals surface area contributed by atoms with Gasteiger partial charge < -0.3 is 11.1 Å². The molecular formula is C12H23N5O2S. The molecule has 1 heterocycles. The minimum Gasteiger partial charge on any atom is -0.383 e. The molecule has 0 atom stereocenters. The van der Waals surface area contributed by atoms with E-state index in [4.69, 9.17) is 5.73 Å². The van der Waals surface area contributed by atoms with Gasteiger partial charge in [-0.25, -0.2) is 23.1 Å². The quantitative estimate of drug-likeness (QED) is 0.609. The molecule has 0 amide bonds. The number of rotatable bonds is 8. The van der Waals surface area contributed by atoms with Crippen molar-refractivity contribution < 1.29 is 8.42 Å². The zero-order valence-corrected chi connectivity index (χ0v) is 13.0. The van der Waals surface area contributed by atoms with Gasteiger partial charge in [0.25, 0.3) is 0 Å². The van der Waals surface area contributed by atoms with Crippen molar-refractivity contribution in [1.82, 2.24) is 14.7 Å². The number of anilines is 2. The van der Waals surface area contributed by atoms with Crippen LogP contribution < -0.4 is 15.8 Å². The first kappa shape index (κ1) is 16.6. The third-order valence-corrected chi connectivity index (χ3v) is 3.44. The maximum atomic E-state index is 10.9. The zero-order valence-electron chi connectivity index (χ0n) is 12.2. The molecule has 0 radical (unpaired) electrons. The third kappa shape index (κ3) is 5.70. The SMILES string of the molecule is CCCc1nc(N)c(C)c(NCCCNS(C)(=O)=O)n1. The molecule has 0 unspecified atom stereocenters. The van der Waals surface area contributed by atoms with E-state index in [1.807, 2.05) is 6.92 Å². The van der Waals surface area contributed by atoms with E-state index in [1.165, 1.54) is 0 Å². The second kappa shape index (κ2) is 7.39. The topological polar surface area (TPSA) is 110 Å². The average Bonchev–Trinajstić information content (AvgIpc) is 2.33. The predicted molar refractivity (Wildman–Crippen MR) is 81.1 cm³/mol. The lowest BCUT2D eigenvalue weighted by Crippen LogP contribution is -2.24. The van der Waals surface area contributed by atoms with Crippen molar-refractivity contribution in [3.63, 3.8) is 0 Å². The summed E-state index contributed by atoms with van der Waals surface area (Å²) < 4.78 is 24.3. The van der Waals surface area contributed by atoms with E-state index in [2.05, 4.69) is 26.9 Å². The van der Waals surface area contributed by atoms with Gasteiger partial charge in [-0.05, 0) is 19.8 Å². The van der Waals surface area contributed by atoms with E-state index in [1.54, 1.807) is 0 Å². The highest BCUT2D eigenvalue weighted by Crippen LogP contribution is 2.17. The molecule has 0 bridgehead atoms. The minimum atomic E-state index is -3.12. The molecule has 0 aliphatic carbocycles. The first-order valence-electron chi connectivity index (χ1n) is 6.65. The van der Waals surface area contributed by atoms with Crippen LogP contribution in [0.2, 0.25) is 0 Å². The fourth-order valence-corrected chi connectivity index (χ4v) is 2.16. The van der Waals surface area contributed by atoms with Crippen LogP contribution in [0.15, 0.2) is 0 Å². The Morgan fingerprint density at radius 1 is 1.25 bits per heavy atom. The molecule has 1 rings (SSSR count). The van der Waals surface area contributed by atoms with Crippen LogP contribution in [0.3, 0.4) is 0 Å². The summed E-state index contributed by atoms with van der Waals surface area (Å²) in [5, 5.41) is 3.17. The fraction of sp³-hybridized carbons (Fsp3) is 0.667. The van der Waals surface area contributed by atoms with Gasteiger partial charge in [0.1, 0.15) is 17.5 Å². The Morgan fingerprint density at radius 2 is 1.95 bits per heavy atom. The van der Waals surface area contributed by atoms with Gasteiger partial charge in [-0.1, -0.05) is 6.92 Å². The van der Waals surface area contributed by atoms with E-state index >= 15 is 0 Å². The molecule has 0 saturated carbocycles. The van der Waals surface area contributed by atoms with Crippen LogP contribution in [0.4, 0.5) is 11.6 Å². The van der Waals surface area contributed by atoms with Gasteiger partial charge in [0.2, 0.25) is 10.0 Å². The highest BCUT2D eigenvalue weighted by Gasteiger charge is 2.08. The van der Waals surface area contributed by atoms with Crippen molar-refractivity contribution in [3.05, 3.63) is 11.4 Å². The summed E-state index contributed by atoms with van der Waals surface area (Å²) in [5.74, 6) is 1.94. The first-order chi connectivity index (χ1) is 9.33. The molecule has 0 fully saturated rings. The maximum Gasteiger partial charge on any atom is 0.208 e. The Balaban J connectivity index is 2.54. The van der Waals surface area contributed by atoms with E-state index in [0.29, 0.717) is 25.3 Å². The smallest absolute Gasteiger partial charge is 0.208 e.